The van der Waals surface area contributed by atoms with Crippen LogP contribution in [0.15, 0.2) is 194 Å². The topological polar surface area (TPSA) is 34.0 Å². The van der Waals surface area contributed by atoms with E-state index in [0.717, 1.165) is 55.2 Å². The third kappa shape index (κ3) is 4.96. The zero-order chi connectivity index (χ0) is 39.2. The first-order chi connectivity index (χ1) is 29.0. The van der Waals surface area contributed by atoms with Crippen molar-refractivity contribution in [2.75, 3.05) is 4.90 Å². The summed E-state index contributed by atoms with van der Waals surface area (Å²) in [7, 11) is 0. The molecule has 2 aromatic heterocycles. The smallest absolute Gasteiger partial charge is 0.235 e. The third-order valence-corrected chi connectivity index (χ3v) is 12.6. The Morgan fingerprint density at radius 2 is 1.10 bits per heavy atom. The molecule has 11 aromatic rings. The highest BCUT2D eigenvalue weighted by atomic mass is 15.2. The summed E-state index contributed by atoms with van der Waals surface area (Å²) in [6, 6.07) is 70.1. The number of fused-ring (bicyclic) bond motifs is 10. The number of benzene rings is 9. The lowest BCUT2D eigenvalue weighted by molar-refractivity contribution is 0.632. The lowest BCUT2D eigenvalue weighted by Gasteiger charge is -2.42. The molecule has 4 nitrogen and oxygen atoms in total. The largest absolute Gasteiger partial charge is 0.310 e. The van der Waals surface area contributed by atoms with E-state index in [9.17, 15) is 0 Å². The van der Waals surface area contributed by atoms with E-state index in [1.807, 2.05) is 0 Å². The summed E-state index contributed by atoms with van der Waals surface area (Å²) >= 11 is 0. The number of anilines is 3. The van der Waals surface area contributed by atoms with Crippen LogP contribution in [0.5, 0.6) is 0 Å². The molecule has 0 N–H and O–H groups in total. The molecule has 0 amide bonds. The van der Waals surface area contributed by atoms with Crippen molar-refractivity contribution in [3.8, 4) is 28.3 Å². The Balaban J connectivity index is 1.17. The highest BCUT2D eigenvalue weighted by Gasteiger charge is 2.37. The number of para-hydroxylation sites is 2. The number of hydrogen-bond acceptors (Lipinski definition) is 3. The number of nitrogens with zero attached hydrogens (tertiary/aromatic N) is 4. The molecule has 0 bridgehead atoms. The minimum Gasteiger partial charge on any atom is -0.310 e. The van der Waals surface area contributed by atoms with Gasteiger partial charge in [0.25, 0.3) is 0 Å². The van der Waals surface area contributed by atoms with Gasteiger partial charge >= 0.3 is 0 Å². The second kappa shape index (κ2) is 12.7. The molecule has 59 heavy (non-hydrogen) atoms. The SMILES string of the molecule is CC1(C)c2ccccc2N(c2ccccc2)c2cc(-c3cccc4c3c3c5ccccc5ccc3n4-c3nc(-c4ccccc4)c4ccc5ccccc5c4n3)ccc21. The van der Waals surface area contributed by atoms with Gasteiger partial charge in [-0.2, -0.15) is 0 Å². The molecule has 0 radical (unpaired) electrons. The summed E-state index contributed by atoms with van der Waals surface area (Å²) in [5.41, 5.74) is 13.4. The zero-order valence-electron chi connectivity index (χ0n) is 32.8. The van der Waals surface area contributed by atoms with Crippen LogP contribution in [-0.4, -0.2) is 14.5 Å². The molecule has 3 heterocycles. The molecule has 0 spiro atoms. The summed E-state index contributed by atoms with van der Waals surface area (Å²) < 4.78 is 2.29. The van der Waals surface area contributed by atoms with Crippen LogP contribution in [0.1, 0.15) is 25.0 Å². The molecule has 0 saturated carbocycles. The van der Waals surface area contributed by atoms with Crippen LogP contribution in [0.3, 0.4) is 0 Å². The summed E-state index contributed by atoms with van der Waals surface area (Å²) in [4.78, 5) is 13.4. The van der Waals surface area contributed by atoms with Crippen LogP contribution in [0.4, 0.5) is 17.1 Å². The minimum atomic E-state index is -0.192. The van der Waals surface area contributed by atoms with Gasteiger partial charge in [0.15, 0.2) is 0 Å². The maximum absolute atomic E-state index is 5.50. The normalized spacial score (nSPS) is 13.4. The highest BCUT2D eigenvalue weighted by molar-refractivity contribution is 6.25. The number of hydrogen-bond donors (Lipinski definition) is 0. The van der Waals surface area contributed by atoms with E-state index in [0.29, 0.717) is 5.95 Å². The molecular weight excluding hydrogens is 717 g/mol. The molecule has 278 valence electrons. The van der Waals surface area contributed by atoms with Crippen LogP contribution < -0.4 is 4.90 Å². The highest BCUT2D eigenvalue weighted by Crippen LogP contribution is 2.53. The van der Waals surface area contributed by atoms with Gasteiger partial charge in [-0.25, -0.2) is 9.97 Å². The Labute approximate surface area is 342 Å². The minimum absolute atomic E-state index is 0.192. The molecular formula is C55H38N4. The fourth-order valence-electron chi connectivity index (χ4n) is 9.79. The van der Waals surface area contributed by atoms with Crippen molar-refractivity contribution in [2.45, 2.75) is 19.3 Å². The van der Waals surface area contributed by atoms with Crippen LogP contribution in [0.25, 0.3) is 82.6 Å². The number of aromatic nitrogens is 3. The lowest BCUT2D eigenvalue weighted by atomic mass is 9.73. The first kappa shape index (κ1) is 33.6. The average molecular weight is 755 g/mol. The molecule has 1 aliphatic rings. The Morgan fingerprint density at radius 1 is 0.441 bits per heavy atom. The predicted molar refractivity (Wildman–Crippen MR) is 247 cm³/mol. The Kier molecular flexibility index (Phi) is 7.24. The van der Waals surface area contributed by atoms with Gasteiger partial charge in [-0.1, -0.05) is 166 Å². The first-order valence-electron chi connectivity index (χ1n) is 20.3. The second-order valence-corrected chi connectivity index (χ2v) is 16.2. The van der Waals surface area contributed by atoms with Crippen LogP contribution in [0.2, 0.25) is 0 Å². The van der Waals surface area contributed by atoms with Gasteiger partial charge in [-0.3, -0.25) is 4.57 Å². The standard InChI is InChI=1S/C55H38N4/c1-55(2)44-25-13-14-26-46(44)58(39-20-7-4-8-21-39)49-34-38(29-32-45(49)55)41-24-15-27-47-51(41)50-40-22-11-9-16-35(40)30-33-48(50)59(47)54-56-52(37-18-5-3-6-19-37)43-31-28-36-17-10-12-23-42(36)53(43)57-54/h3-34H,1-2H3. The Morgan fingerprint density at radius 3 is 1.93 bits per heavy atom. The monoisotopic (exact) mass is 754 g/mol. The molecule has 4 heteroatoms. The van der Waals surface area contributed by atoms with Crippen molar-refractivity contribution in [3.05, 3.63) is 205 Å². The molecule has 0 fully saturated rings. The van der Waals surface area contributed by atoms with Gasteiger partial charge < -0.3 is 4.90 Å². The van der Waals surface area contributed by atoms with Crippen LogP contribution in [-0.2, 0) is 5.41 Å². The van der Waals surface area contributed by atoms with Crippen LogP contribution >= 0.6 is 0 Å². The van der Waals surface area contributed by atoms with Crippen molar-refractivity contribution >= 4 is 71.3 Å². The predicted octanol–water partition coefficient (Wildman–Crippen LogP) is 14.5. The van der Waals surface area contributed by atoms with Gasteiger partial charge in [0.05, 0.1) is 33.6 Å². The van der Waals surface area contributed by atoms with Crippen molar-refractivity contribution < 1.29 is 0 Å². The lowest BCUT2D eigenvalue weighted by Crippen LogP contribution is -2.30. The van der Waals surface area contributed by atoms with Crippen molar-refractivity contribution in [1.29, 1.82) is 0 Å². The van der Waals surface area contributed by atoms with Gasteiger partial charge in [-0.05, 0) is 80.9 Å². The third-order valence-electron chi connectivity index (χ3n) is 12.6. The maximum Gasteiger partial charge on any atom is 0.235 e. The summed E-state index contributed by atoms with van der Waals surface area (Å²) in [6.07, 6.45) is 0. The Hall–Kier alpha value is -7.56. The van der Waals surface area contributed by atoms with Crippen molar-refractivity contribution in [3.63, 3.8) is 0 Å². The summed E-state index contributed by atoms with van der Waals surface area (Å²) in [5.74, 6) is 0.652. The van der Waals surface area contributed by atoms with Gasteiger partial charge in [0.1, 0.15) is 0 Å². The summed E-state index contributed by atoms with van der Waals surface area (Å²) in [6.45, 7) is 4.70. The Bertz CT molecular complexity index is 3470. The van der Waals surface area contributed by atoms with Gasteiger partial charge in [0, 0.05) is 38.2 Å². The molecule has 0 saturated heterocycles. The zero-order valence-corrected chi connectivity index (χ0v) is 32.8. The van der Waals surface area contributed by atoms with E-state index in [2.05, 4.69) is 217 Å². The molecule has 1 aliphatic heterocycles. The van der Waals surface area contributed by atoms with Gasteiger partial charge in [0.2, 0.25) is 5.95 Å². The maximum atomic E-state index is 5.50. The van der Waals surface area contributed by atoms with E-state index >= 15 is 0 Å². The molecule has 9 aromatic carbocycles. The first-order valence-corrected chi connectivity index (χ1v) is 20.3. The van der Waals surface area contributed by atoms with E-state index in [-0.39, 0.29) is 5.41 Å². The molecule has 0 aliphatic carbocycles. The van der Waals surface area contributed by atoms with E-state index in [1.54, 1.807) is 0 Å². The van der Waals surface area contributed by atoms with Crippen molar-refractivity contribution in [2.24, 2.45) is 0 Å². The van der Waals surface area contributed by atoms with Crippen LogP contribution in [0, 0.1) is 0 Å². The van der Waals surface area contributed by atoms with E-state index in [4.69, 9.17) is 9.97 Å². The fourth-order valence-corrected chi connectivity index (χ4v) is 9.79. The molecule has 0 atom stereocenters. The second-order valence-electron chi connectivity index (χ2n) is 16.2. The number of rotatable bonds is 4. The van der Waals surface area contributed by atoms with Gasteiger partial charge in [-0.15, -0.1) is 0 Å². The van der Waals surface area contributed by atoms with E-state index < -0.39 is 0 Å². The van der Waals surface area contributed by atoms with E-state index in [1.165, 1.54) is 49.6 Å². The fraction of sp³-hybridized carbons (Fsp3) is 0.0545. The summed E-state index contributed by atoms with van der Waals surface area (Å²) in [5, 5.41) is 8.08. The average Bonchev–Trinajstić information content (AvgIpc) is 3.64. The molecule has 12 rings (SSSR count). The quantitative estimate of drug-likeness (QED) is 0.168. The van der Waals surface area contributed by atoms with Crippen molar-refractivity contribution in [1.82, 2.24) is 14.5 Å². The molecule has 0 unspecified atom stereocenters.